The van der Waals surface area contributed by atoms with Crippen LogP contribution >= 0.6 is 0 Å². The highest BCUT2D eigenvalue weighted by Gasteiger charge is 2.26. The summed E-state index contributed by atoms with van der Waals surface area (Å²) in [6.45, 7) is 11.4. The van der Waals surface area contributed by atoms with Crippen molar-refractivity contribution in [3.8, 4) is 11.5 Å². The highest BCUT2D eigenvalue weighted by molar-refractivity contribution is 5.96. The van der Waals surface area contributed by atoms with Gasteiger partial charge in [0, 0.05) is 38.8 Å². The molecule has 1 aliphatic heterocycles. The van der Waals surface area contributed by atoms with E-state index >= 15 is 0 Å². The van der Waals surface area contributed by atoms with Crippen LogP contribution in [0.2, 0.25) is 0 Å². The number of hydrogen-bond acceptors (Lipinski definition) is 5. The lowest BCUT2D eigenvalue weighted by Crippen LogP contribution is -2.53. The molecular formula is C19H31N3O3. The lowest BCUT2D eigenvalue weighted by molar-refractivity contribution is -0.121. The molecule has 1 saturated heterocycles. The van der Waals surface area contributed by atoms with Crippen LogP contribution in [0.1, 0.15) is 20.8 Å². The number of amides is 1. The Morgan fingerprint density at radius 2 is 1.80 bits per heavy atom. The fourth-order valence-corrected chi connectivity index (χ4v) is 3.16. The van der Waals surface area contributed by atoms with Gasteiger partial charge in [0.25, 0.3) is 0 Å². The van der Waals surface area contributed by atoms with Gasteiger partial charge in [-0.2, -0.15) is 0 Å². The Bertz CT molecular complexity index is 569. The molecule has 0 aliphatic carbocycles. The van der Waals surface area contributed by atoms with Crippen molar-refractivity contribution in [3.63, 3.8) is 0 Å². The Kier molecular flexibility index (Phi) is 7.08. The first kappa shape index (κ1) is 19.5. The van der Waals surface area contributed by atoms with Gasteiger partial charge in [-0.25, -0.2) is 0 Å². The predicted molar refractivity (Wildman–Crippen MR) is 100 cm³/mol. The molecule has 6 nitrogen and oxygen atoms in total. The van der Waals surface area contributed by atoms with E-state index in [1.807, 2.05) is 13.0 Å². The van der Waals surface area contributed by atoms with Crippen LogP contribution in [0.15, 0.2) is 18.2 Å². The number of methoxy groups -OCH3 is 2. The molecule has 1 aromatic carbocycles. The van der Waals surface area contributed by atoms with Crippen LogP contribution in [0.25, 0.3) is 0 Å². The lowest BCUT2D eigenvalue weighted by Gasteiger charge is -2.38. The topological polar surface area (TPSA) is 54.0 Å². The second kappa shape index (κ2) is 9.06. The Hall–Kier alpha value is -1.79. The van der Waals surface area contributed by atoms with E-state index in [2.05, 4.69) is 29.0 Å². The third kappa shape index (κ3) is 5.34. The van der Waals surface area contributed by atoms with Crippen LogP contribution in [0.5, 0.6) is 11.5 Å². The van der Waals surface area contributed by atoms with Crippen LogP contribution in [-0.4, -0.2) is 68.7 Å². The molecule has 0 spiro atoms. The second-order valence-electron chi connectivity index (χ2n) is 6.96. The monoisotopic (exact) mass is 349 g/mol. The van der Waals surface area contributed by atoms with E-state index in [1.54, 1.807) is 26.4 Å². The number of benzene rings is 1. The van der Waals surface area contributed by atoms with Crippen molar-refractivity contribution in [2.24, 2.45) is 5.92 Å². The fourth-order valence-electron chi connectivity index (χ4n) is 3.16. The van der Waals surface area contributed by atoms with E-state index in [-0.39, 0.29) is 11.9 Å². The summed E-state index contributed by atoms with van der Waals surface area (Å²) in [5, 5.41) is 2.98. The summed E-state index contributed by atoms with van der Waals surface area (Å²) in [5.41, 5.74) is 0.636. The Labute approximate surface area is 151 Å². The minimum atomic E-state index is -0.183. The summed E-state index contributed by atoms with van der Waals surface area (Å²) in [4.78, 5) is 17.4. The first-order valence-electron chi connectivity index (χ1n) is 8.94. The molecular weight excluding hydrogens is 318 g/mol. The van der Waals surface area contributed by atoms with E-state index in [4.69, 9.17) is 9.47 Å². The number of rotatable bonds is 7. The standard InChI is InChI=1S/C19H31N3O3/c1-14(2)13-21-8-10-22(11-9-21)15(3)19(23)20-17-12-16(24-4)6-7-18(17)25-5/h6-7,12,14-15H,8-11,13H2,1-5H3,(H,20,23). The largest absolute Gasteiger partial charge is 0.497 e. The van der Waals surface area contributed by atoms with Gasteiger partial charge in [-0.05, 0) is 25.0 Å². The minimum Gasteiger partial charge on any atom is -0.497 e. The average molecular weight is 349 g/mol. The smallest absolute Gasteiger partial charge is 0.241 e. The molecule has 1 fully saturated rings. The van der Waals surface area contributed by atoms with Gasteiger partial charge in [-0.3, -0.25) is 9.69 Å². The fraction of sp³-hybridized carbons (Fsp3) is 0.632. The number of ether oxygens (including phenoxy) is 2. The molecule has 6 heteroatoms. The molecule has 2 rings (SSSR count). The molecule has 0 bridgehead atoms. The maximum absolute atomic E-state index is 12.7. The summed E-state index contributed by atoms with van der Waals surface area (Å²) in [5.74, 6) is 1.96. The summed E-state index contributed by atoms with van der Waals surface area (Å²) in [6.07, 6.45) is 0. The van der Waals surface area contributed by atoms with Gasteiger partial charge in [-0.15, -0.1) is 0 Å². The van der Waals surface area contributed by atoms with Crippen molar-refractivity contribution < 1.29 is 14.3 Å². The Balaban J connectivity index is 1.95. The Morgan fingerprint density at radius 1 is 1.12 bits per heavy atom. The first-order chi connectivity index (χ1) is 11.9. The van der Waals surface area contributed by atoms with Crippen molar-refractivity contribution in [1.82, 2.24) is 9.80 Å². The number of piperazine rings is 1. The van der Waals surface area contributed by atoms with E-state index in [1.165, 1.54) is 0 Å². The third-order valence-electron chi connectivity index (χ3n) is 4.62. The van der Waals surface area contributed by atoms with Crippen molar-refractivity contribution >= 4 is 11.6 Å². The van der Waals surface area contributed by atoms with E-state index in [9.17, 15) is 4.79 Å². The molecule has 0 aromatic heterocycles. The molecule has 1 amide bonds. The lowest BCUT2D eigenvalue weighted by atomic mass is 10.1. The van der Waals surface area contributed by atoms with Gasteiger partial charge in [0.15, 0.2) is 0 Å². The van der Waals surface area contributed by atoms with Gasteiger partial charge < -0.3 is 19.7 Å². The normalized spacial score (nSPS) is 17.4. The number of carbonyl (C=O) groups is 1. The molecule has 0 saturated carbocycles. The molecule has 1 aromatic rings. The predicted octanol–water partition coefficient (Wildman–Crippen LogP) is 2.30. The van der Waals surface area contributed by atoms with Crippen molar-refractivity contribution in [1.29, 1.82) is 0 Å². The molecule has 140 valence electrons. The van der Waals surface area contributed by atoms with E-state index in [0.717, 1.165) is 32.7 Å². The quantitative estimate of drug-likeness (QED) is 0.819. The van der Waals surface area contributed by atoms with E-state index < -0.39 is 0 Å². The summed E-state index contributed by atoms with van der Waals surface area (Å²) in [6, 6.07) is 5.21. The molecule has 1 heterocycles. The number of anilines is 1. The van der Waals surface area contributed by atoms with Gasteiger partial charge in [0.05, 0.1) is 25.9 Å². The van der Waals surface area contributed by atoms with E-state index in [0.29, 0.717) is 23.1 Å². The van der Waals surface area contributed by atoms with Crippen molar-refractivity contribution in [2.75, 3.05) is 52.3 Å². The van der Waals surface area contributed by atoms with Gasteiger partial charge in [0.2, 0.25) is 5.91 Å². The molecule has 1 unspecified atom stereocenters. The molecule has 1 N–H and O–H groups in total. The van der Waals surface area contributed by atoms with Crippen LogP contribution in [0.3, 0.4) is 0 Å². The maximum atomic E-state index is 12.7. The molecule has 1 aliphatic rings. The van der Waals surface area contributed by atoms with Crippen LogP contribution < -0.4 is 14.8 Å². The van der Waals surface area contributed by atoms with Crippen molar-refractivity contribution in [2.45, 2.75) is 26.8 Å². The van der Waals surface area contributed by atoms with Crippen LogP contribution in [0, 0.1) is 5.92 Å². The minimum absolute atomic E-state index is 0.0242. The van der Waals surface area contributed by atoms with Crippen LogP contribution in [0.4, 0.5) is 5.69 Å². The number of nitrogens with zero attached hydrogens (tertiary/aromatic N) is 2. The van der Waals surface area contributed by atoms with Crippen LogP contribution in [-0.2, 0) is 4.79 Å². The average Bonchev–Trinajstić information content (AvgIpc) is 2.61. The van der Waals surface area contributed by atoms with Crippen molar-refractivity contribution in [3.05, 3.63) is 18.2 Å². The molecule has 1 atom stereocenters. The SMILES string of the molecule is COc1ccc(OC)c(NC(=O)C(C)N2CCN(CC(C)C)CC2)c1. The number of nitrogens with one attached hydrogen (secondary N) is 1. The van der Waals surface area contributed by atoms with Gasteiger partial charge in [-0.1, -0.05) is 13.8 Å². The van der Waals surface area contributed by atoms with Gasteiger partial charge >= 0.3 is 0 Å². The highest BCUT2D eigenvalue weighted by Crippen LogP contribution is 2.29. The zero-order valence-corrected chi connectivity index (χ0v) is 16.0. The zero-order chi connectivity index (χ0) is 18.4. The van der Waals surface area contributed by atoms with Gasteiger partial charge in [0.1, 0.15) is 11.5 Å². The second-order valence-corrected chi connectivity index (χ2v) is 6.96. The highest BCUT2D eigenvalue weighted by atomic mass is 16.5. The summed E-state index contributed by atoms with van der Waals surface area (Å²) in [7, 11) is 3.20. The maximum Gasteiger partial charge on any atom is 0.241 e. The number of hydrogen-bond donors (Lipinski definition) is 1. The molecule has 25 heavy (non-hydrogen) atoms. The summed E-state index contributed by atoms with van der Waals surface area (Å²) >= 11 is 0. The Morgan fingerprint density at radius 3 is 2.36 bits per heavy atom. The zero-order valence-electron chi connectivity index (χ0n) is 16.0. The molecule has 0 radical (unpaired) electrons. The number of carbonyl (C=O) groups excluding carboxylic acids is 1. The summed E-state index contributed by atoms with van der Waals surface area (Å²) < 4.78 is 10.6. The third-order valence-corrected chi connectivity index (χ3v) is 4.62. The first-order valence-corrected chi connectivity index (χ1v) is 8.94.